The van der Waals surface area contributed by atoms with Gasteiger partial charge in [-0.3, -0.25) is 14.2 Å². The highest BCUT2D eigenvalue weighted by atomic mass is 16.5. The molecule has 1 N–H and O–H groups in total. The van der Waals surface area contributed by atoms with Gasteiger partial charge in [0, 0.05) is 25.1 Å². The standard InChI is InChI=1S/C21H19N5O3/c1-25-11-10-22-19(25)14-29-16-8-6-15(7-9-16)24-20(27)13-26-18-5-3-2-4-17(18)23-12-21(26)28/h2-12H,13-14H2,1H3,(H,24,27). The lowest BCUT2D eigenvalue weighted by atomic mass is 10.3. The number of fused-ring (bicyclic) bond motifs is 1. The van der Waals surface area contributed by atoms with Gasteiger partial charge in [0.1, 0.15) is 24.7 Å². The Labute approximate surface area is 166 Å². The van der Waals surface area contributed by atoms with Gasteiger partial charge in [0.15, 0.2) is 0 Å². The van der Waals surface area contributed by atoms with E-state index in [0.29, 0.717) is 29.1 Å². The molecular formula is C21H19N5O3. The molecule has 0 aliphatic heterocycles. The van der Waals surface area contributed by atoms with Crippen molar-refractivity contribution in [1.82, 2.24) is 19.1 Å². The van der Waals surface area contributed by atoms with Crippen LogP contribution in [-0.4, -0.2) is 25.0 Å². The van der Waals surface area contributed by atoms with Crippen LogP contribution >= 0.6 is 0 Å². The van der Waals surface area contributed by atoms with Gasteiger partial charge in [-0.25, -0.2) is 9.97 Å². The number of carbonyl (C=O) groups excluding carboxylic acids is 1. The van der Waals surface area contributed by atoms with E-state index in [2.05, 4.69) is 15.3 Å². The largest absolute Gasteiger partial charge is 0.486 e. The number of aromatic nitrogens is 4. The van der Waals surface area contributed by atoms with Crippen LogP contribution in [0.4, 0.5) is 5.69 Å². The van der Waals surface area contributed by atoms with Crippen molar-refractivity contribution in [2.75, 3.05) is 5.32 Å². The molecule has 0 radical (unpaired) electrons. The summed E-state index contributed by atoms with van der Waals surface area (Å²) in [5.41, 5.74) is 1.57. The fourth-order valence-electron chi connectivity index (χ4n) is 2.94. The molecule has 2 aromatic heterocycles. The highest BCUT2D eigenvalue weighted by Crippen LogP contribution is 2.17. The Hall–Kier alpha value is -3.94. The zero-order valence-electron chi connectivity index (χ0n) is 15.8. The molecule has 1 amide bonds. The van der Waals surface area contributed by atoms with E-state index in [4.69, 9.17) is 4.74 Å². The molecule has 2 heterocycles. The lowest BCUT2D eigenvalue weighted by molar-refractivity contribution is -0.116. The quantitative estimate of drug-likeness (QED) is 0.547. The number of imidazole rings is 1. The summed E-state index contributed by atoms with van der Waals surface area (Å²) in [6, 6.07) is 14.2. The van der Waals surface area contributed by atoms with Crippen LogP contribution in [0.2, 0.25) is 0 Å². The van der Waals surface area contributed by atoms with E-state index in [9.17, 15) is 9.59 Å². The summed E-state index contributed by atoms with van der Waals surface area (Å²) in [6.07, 6.45) is 4.80. The highest BCUT2D eigenvalue weighted by molar-refractivity contribution is 5.91. The molecule has 4 aromatic rings. The summed E-state index contributed by atoms with van der Waals surface area (Å²) in [4.78, 5) is 32.9. The predicted molar refractivity (Wildman–Crippen MR) is 109 cm³/mol. The van der Waals surface area contributed by atoms with Crippen molar-refractivity contribution in [3.63, 3.8) is 0 Å². The van der Waals surface area contributed by atoms with E-state index >= 15 is 0 Å². The van der Waals surface area contributed by atoms with Crippen LogP contribution in [0.15, 0.2) is 71.9 Å². The number of hydrogen-bond acceptors (Lipinski definition) is 5. The fourth-order valence-corrected chi connectivity index (χ4v) is 2.94. The molecule has 0 aliphatic carbocycles. The van der Waals surface area contributed by atoms with Gasteiger partial charge < -0.3 is 14.6 Å². The van der Waals surface area contributed by atoms with Gasteiger partial charge in [-0.1, -0.05) is 12.1 Å². The zero-order valence-corrected chi connectivity index (χ0v) is 15.8. The topological polar surface area (TPSA) is 91.0 Å². The number of nitrogens with one attached hydrogen (secondary N) is 1. The van der Waals surface area contributed by atoms with Gasteiger partial charge in [-0.05, 0) is 36.4 Å². The maximum Gasteiger partial charge on any atom is 0.269 e. The van der Waals surface area contributed by atoms with E-state index in [1.54, 1.807) is 42.6 Å². The average Bonchev–Trinajstić information content (AvgIpc) is 3.14. The first-order valence-corrected chi connectivity index (χ1v) is 9.03. The Morgan fingerprint density at radius 2 is 1.90 bits per heavy atom. The zero-order chi connectivity index (χ0) is 20.2. The summed E-state index contributed by atoms with van der Waals surface area (Å²) in [5.74, 6) is 1.19. The molecule has 0 aliphatic rings. The molecule has 29 heavy (non-hydrogen) atoms. The second-order valence-corrected chi connectivity index (χ2v) is 6.49. The predicted octanol–water partition coefficient (Wildman–Crippen LogP) is 2.35. The number of benzene rings is 2. The molecule has 0 bridgehead atoms. The lowest BCUT2D eigenvalue weighted by Gasteiger charge is -2.11. The lowest BCUT2D eigenvalue weighted by Crippen LogP contribution is -2.27. The molecule has 0 spiro atoms. The second kappa shape index (κ2) is 7.97. The smallest absolute Gasteiger partial charge is 0.269 e. The minimum atomic E-state index is -0.322. The van der Waals surface area contributed by atoms with Crippen molar-refractivity contribution in [1.29, 1.82) is 0 Å². The normalized spacial score (nSPS) is 10.8. The average molecular weight is 389 g/mol. The summed E-state index contributed by atoms with van der Waals surface area (Å²) >= 11 is 0. The van der Waals surface area contributed by atoms with Crippen LogP contribution in [-0.2, 0) is 25.0 Å². The SMILES string of the molecule is Cn1ccnc1COc1ccc(NC(=O)Cn2c(=O)cnc3ccccc32)cc1. The van der Waals surface area contributed by atoms with Crippen molar-refractivity contribution in [2.24, 2.45) is 7.05 Å². The first-order chi connectivity index (χ1) is 14.1. The Balaban J connectivity index is 1.41. The number of ether oxygens (including phenoxy) is 1. The first-order valence-electron chi connectivity index (χ1n) is 9.03. The maximum atomic E-state index is 12.4. The van der Waals surface area contributed by atoms with Crippen LogP contribution in [0.25, 0.3) is 11.0 Å². The number of hydrogen-bond donors (Lipinski definition) is 1. The van der Waals surface area contributed by atoms with Crippen molar-refractivity contribution < 1.29 is 9.53 Å². The second-order valence-electron chi connectivity index (χ2n) is 6.49. The van der Waals surface area contributed by atoms with Crippen LogP contribution in [0, 0.1) is 0 Å². The minimum Gasteiger partial charge on any atom is -0.486 e. The monoisotopic (exact) mass is 389 g/mol. The molecule has 8 heteroatoms. The number of amides is 1. The van der Waals surface area contributed by atoms with Gasteiger partial charge in [0.2, 0.25) is 5.91 Å². The molecule has 0 saturated carbocycles. The van der Waals surface area contributed by atoms with Crippen molar-refractivity contribution in [3.05, 3.63) is 83.3 Å². The van der Waals surface area contributed by atoms with E-state index in [-0.39, 0.29) is 18.0 Å². The van der Waals surface area contributed by atoms with Crippen LogP contribution in [0.1, 0.15) is 5.82 Å². The van der Waals surface area contributed by atoms with E-state index in [1.807, 2.05) is 29.9 Å². The van der Waals surface area contributed by atoms with Gasteiger partial charge in [0.05, 0.1) is 17.2 Å². The molecule has 0 saturated heterocycles. The van der Waals surface area contributed by atoms with Crippen molar-refractivity contribution in [2.45, 2.75) is 13.2 Å². The van der Waals surface area contributed by atoms with Gasteiger partial charge in [-0.15, -0.1) is 0 Å². The van der Waals surface area contributed by atoms with Crippen LogP contribution in [0.5, 0.6) is 5.75 Å². The summed E-state index contributed by atoms with van der Waals surface area (Å²) in [7, 11) is 1.90. The number of anilines is 1. The number of aryl methyl sites for hydroxylation is 1. The van der Waals surface area contributed by atoms with Crippen LogP contribution in [0.3, 0.4) is 0 Å². The summed E-state index contributed by atoms with van der Waals surface area (Å²) in [5, 5.41) is 2.80. The Kier molecular flexibility index (Phi) is 5.07. The molecular weight excluding hydrogens is 370 g/mol. The molecule has 0 fully saturated rings. The molecule has 146 valence electrons. The van der Waals surface area contributed by atoms with Gasteiger partial charge in [0.25, 0.3) is 5.56 Å². The number of para-hydroxylation sites is 2. The third-order valence-electron chi connectivity index (χ3n) is 4.48. The third-order valence-corrected chi connectivity index (χ3v) is 4.48. The maximum absolute atomic E-state index is 12.4. The Bertz CT molecular complexity index is 1210. The molecule has 0 unspecified atom stereocenters. The highest BCUT2D eigenvalue weighted by Gasteiger charge is 2.09. The number of nitrogens with zero attached hydrogens (tertiary/aromatic N) is 4. The van der Waals surface area contributed by atoms with E-state index in [0.717, 1.165) is 5.82 Å². The molecule has 0 atom stereocenters. The van der Waals surface area contributed by atoms with Crippen molar-refractivity contribution >= 4 is 22.6 Å². The molecule has 8 nitrogen and oxygen atoms in total. The first kappa shape index (κ1) is 18.4. The number of rotatable bonds is 6. The third kappa shape index (κ3) is 4.16. The van der Waals surface area contributed by atoms with Crippen LogP contribution < -0.4 is 15.6 Å². The minimum absolute atomic E-state index is 0.0979. The Morgan fingerprint density at radius 3 is 2.66 bits per heavy atom. The Morgan fingerprint density at radius 1 is 1.10 bits per heavy atom. The summed E-state index contributed by atoms with van der Waals surface area (Å²) < 4.78 is 9.00. The number of carbonyl (C=O) groups is 1. The van der Waals surface area contributed by atoms with Crippen molar-refractivity contribution in [3.8, 4) is 5.75 Å². The molecule has 2 aromatic carbocycles. The molecule has 4 rings (SSSR count). The van der Waals surface area contributed by atoms with E-state index < -0.39 is 0 Å². The summed E-state index contributed by atoms with van der Waals surface area (Å²) in [6.45, 7) is 0.256. The fraction of sp³-hybridized carbons (Fsp3) is 0.143. The van der Waals surface area contributed by atoms with Gasteiger partial charge >= 0.3 is 0 Å². The van der Waals surface area contributed by atoms with E-state index in [1.165, 1.54) is 10.8 Å². The van der Waals surface area contributed by atoms with Gasteiger partial charge in [-0.2, -0.15) is 0 Å².